The Kier molecular flexibility index (Phi) is 5.22. The van der Waals surface area contributed by atoms with Gasteiger partial charge in [0.05, 0.1) is 37.2 Å². The molecule has 1 aliphatic heterocycles. The molecular formula is C27H32N2O5. The van der Waals surface area contributed by atoms with Gasteiger partial charge in [-0.25, -0.2) is 0 Å². The summed E-state index contributed by atoms with van der Waals surface area (Å²) in [5, 5.41) is 15.9. The van der Waals surface area contributed by atoms with Crippen LogP contribution in [-0.2, 0) is 11.2 Å². The van der Waals surface area contributed by atoms with E-state index in [-0.39, 0.29) is 30.0 Å². The second kappa shape index (κ2) is 8.17. The highest BCUT2D eigenvalue weighted by molar-refractivity contribution is 5.91. The van der Waals surface area contributed by atoms with Gasteiger partial charge < -0.3 is 29.2 Å². The molecule has 4 aliphatic rings. The largest absolute Gasteiger partial charge is 0.493 e. The molecule has 1 unspecified atom stereocenters. The molecule has 0 bridgehead atoms. The number of aliphatic hydroxyl groups is 1. The molecule has 5 atom stereocenters. The summed E-state index contributed by atoms with van der Waals surface area (Å²) in [6.07, 6.45) is 10.8. The molecule has 1 aromatic heterocycles. The van der Waals surface area contributed by atoms with Gasteiger partial charge in [0.15, 0.2) is 11.5 Å². The molecule has 1 aromatic carbocycles. The Labute approximate surface area is 199 Å². The first-order valence-electron chi connectivity index (χ1n) is 12.3. The molecule has 2 saturated carbocycles. The first-order valence-corrected chi connectivity index (χ1v) is 12.3. The van der Waals surface area contributed by atoms with Gasteiger partial charge in [-0.1, -0.05) is 6.07 Å². The second-order valence-electron chi connectivity index (χ2n) is 10.3. The molecule has 6 rings (SSSR count). The highest BCUT2D eigenvalue weighted by Gasteiger charge is 2.61. The first kappa shape index (κ1) is 21.7. The summed E-state index contributed by atoms with van der Waals surface area (Å²) >= 11 is 0. The Bertz CT molecular complexity index is 1110. The number of likely N-dealkylation sites (N-methyl/N-ethyl adjacent to an activating group) is 1. The van der Waals surface area contributed by atoms with Gasteiger partial charge in [-0.3, -0.25) is 4.79 Å². The van der Waals surface area contributed by atoms with Crippen LogP contribution in [0, 0.1) is 5.92 Å². The minimum atomic E-state index is -0.919. The number of hydrogen-bond donors (Lipinski definition) is 2. The molecule has 0 spiro atoms. The van der Waals surface area contributed by atoms with Crippen molar-refractivity contribution in [3.05, 3.63) is 53.5 Å². The van der Waals surface area contributed by atoms with E-state index in [2.05, 4.69) is 11.4 Å². The van der Waals surface area contributed by atoms with E-state index in [1.165, 1.54) is 18.4 Å². The summed E-state index contributed by atoms with van der Waals surface area (Å²) in [6.45, 7) is 0.949. The zero-order chi connectivity index (χ0) is 23.4. The maximum atomic E-state index is 13.1. The van der Waals surface area contributed by atoms with E-state index >= 15 is 0 Å². The fourth-order valence-electron chi connectivity index (χ4n) is 6.22. The molecule has 0 radical (unpaired) electrons. The lowest BCUT2D eigenvalue weighted by atomic mass is 9.61. The van der Waals surface area contributed by atoms with Crippen molar-refractivity contribution in [1.82, 2.24) is 10.2 Å². The SMILES string of the molecule is COc1ccc2c3c1O[C@@H]1C3[C@@](O)(CC[C@H]1N(C)C(=O)/C=C/c1ccoc1)[C@H](NCC1CC1)C2. The van der Waals surface area contributed by atoms with Crippen molar-refractivity contribution in [3.63, 3.8) is 0 Å². The summed E-state index contributed by atoms with van der Waals surface area (Å²) in [6, 6.07) is 5.70. The van der Waals surface area contributed by atoms with Crippen molar-refractivity contribution < 1.29 is 23.8 Å². The number of ether oxygens (including phenoxy) is 2. The summed E-state index contributed by atoms with van der Waals surface area (Å²) < 4.78 is 17.3. The van der Waals surface area contributed by atoms with Crippen molar-refractivity contribution in [3.8, 4) is 11.5 Å². The van der Waals surface area contributed by atoms with E-state index in [0.717, 1.165) is 35.8 Å². The lowest BCUT2D eigenvalue weighted by molar-refractivity contribution is -0.137. The fraction of sp³-hybridized carbons (Fsp3) is 0.519. The van der Waals surface area contributed by atoms with E-state index < -0.39 is 5.60 Å². The van der Waals surface area contributed by atoms with Gasteiger partial charge in [-0.05, 0) is 68.3 Å². The number of nitrogens with zero attached hydrogens (tertiary/aromatic N) is 1. The third kappa shape index (κ3) is 3.45. The van der Waals surface area contributed by atoms with Gasteiger partial charge in [0.25, 0.3) is 0 Å². The maximum absolute atomic E-state index is 13.1. The van der Waals surface area contributed by atoms with E-state index in [1.807, 2.05) is 19.2 Å². The Morgan fingerprint density at radius 2 is 2.18 bits per heavy atom. The molecule has 7 heteroatoms. The van der Waals surface area contributed by atoms with Crippen LogP contribution in [0.15, 0.2) is 41.2 Å². The molecular weight excluding hydrogens is 432 g/mol. The summed E-state index contributed by atoms with van der Waals surface area (Å²) in [4.78, 5) is 14.8. The quantitative estimate of drug-likeness (QED) is 0.613. The number of furan rings is 1. The Balaban J connectivity index is 1.32. The number of carbonyl (C=O) groups is 1. The van der Waals surface area contributed by atoms with Crippen molar-refractivity contribution in [2.75, 3.05) is 20.7 Å². The van der Waals surface area contributed by atoms with E-state index in [4.69, 9.17) is 13.9 Å². The smallest absolute Gasteiger partial charge is 0.246 e. The van der Waals surface area contributed by atoms with Crippen LogP contribution >= 0.6 is 0 Å². The number of amides is 1. The van der Waals surface area contributed by atoms with E-state index in [0.29, 0.717) is 18.6 Å². The number of nitrogens with one attached hydrogen (secondary N) is 1. The molecule has 2 fully saturated rings. The van der Waals surface area contributed by atoms with Crippen LogP contribution < -0.4 is 14.8 Å². The Morgan fingerprint density at radius 3 is 2.91 bits per heavy atom. The standard InChI is InChI=1S/C27H32N2O5/c1-29(22(30)8-5-17-10-12-33-15-17)19-9-11-27(31)21(28-14-16-3-4-16)13-18-6-7-20(32-2)26-23(18)24(27)25(19)34-26/h5-8,10,12,15-16,19,21,24-25,28,31H,3-4,9,11,13-14H2,1-2H3/b8-5+/t19-,21-,24?,25+,27-/m1/s1. The predicted molar refractivity (Wildman–Crippen MR) is 127 cm³/mol. The van der Waals surface area contributed by atoms with Crippen LogP contribution in [0.1, 0.15) is 48.3 Å². The summed E-state index contributed by atoms with van der Waals surface area (Å²) in [7, 11) is 3.47. The molecule has 2 N–H and O–H groups in total. The van der Waals surface area contributed by atoms with Crippen molar-refractivity contribution in [1.29, 1.82) is 0 Å². The zero-order valence-electron chi connectivity index (χ0n) is 19.7. The molecule has 1 amide bonds. The van der Waals surface area contributed by atoms with Gasteiger partial charge in [-0.2, -0.15) is 0 Å². The predicted octanol–water partition coefficient (Wildman–Crippen LogP) is 3.12. The van der Waals surface area contributed by atoms with Crippen LogP contribution in [0.3, 0.4) is 0 Å². The summed E-state index contributed by atoms with van der Waals surface area (Å²) in [5.41, 5.74) is 2.19. The number of carbonyl (C=O) groups excluding carboxylic acids is 1. The lowest BCUT2D eigenvalue weighted by Crippen LogP contribution is -2.65. The molecule has 0 saturated heterocycles. The normalized spacial score (nSPS) is 31.3. The average Bonchev–Trinajstić information content (AvgIpc) is 3.34. The molecule has 2 heterocycles. The van der Waals surface area contributed by atoms with Gasteiger partial charge in [0.2, 0.25) is 5.91 Å². The highest BCUT2D eigenvalue weighted by Crippen LogP contribution is 2.58. The zero-order valence-corrected chi connectivity index (χ0v) is 19.7. The van der Waals surface area contributed by atoms with Crippen LogP contribution in [-0.4, -0.2) is 60.4 Å². The molecule has 180 valence electrons. The molecule has 34 heavy (non-hydrogen) atoms. The topological polar surface area (TPSA) is 84.2 Å². The monoisotopic (exact) mass is 464 g/mol. The number of methoxy groups -OCH3 is 1. The van der Waals surface area contributed by atoms with Crippen molar-refractivity contribution in [2.24, 2.45) is 5.92 Å². The van der Waals surface area contributed by atoms with Crippen molar-refractivity contribution in [2.45, 2.75) is 61.8 Å². The molecule has 2 aromatic rings. The summed E-state index contributed by atoms with van der Waals surface area (Å²) in [5.74, 6) is 1.85. The third-order valence-corrected chi connectivity index (χ3v) is 8.31. The van der Waals surface area contributed by atoms with Gasteiger partial charge in [0.1, 0.15) is 6.10 Å². The molecule has 3 aliphatic carbocycles. The number of benzene rings is 1. The maximum Gasteiger partial charge on any atom is 0.246 e. The van der Waals surface area contributed by atoms with Crippen LogP contribution in [0.25, 0.3) is 6.08 Å². The number of rotatable bonds is 7. The average molecular weight is 465 g/mol. The minimum absolute atomic E-state index is 0.0287. The second-order valence-corrected chi connectivity index (χ2v) is 10.3. The van der Waals surface area contributed by atoms with Crippen LogP contribution in [0.2, 0.25) is 0 Å². The van der Waals surface area contributed by atoms with Gasteiger partial charge in [-0.15, -0.1) is 0 Å². The Morgan fingerprint density at radius 1 is 1.32 bits per heavy atom. The van der Waals surface area contributed by atoms with Crippen LogP contribution in [0.5, 0.6) is 11.5 Å². The minimum Gasteiger partial charge on any atom is -0.493 e. The fourth-order valence-corrected chi connectivity index (χ4v) is 6.22. The van der Waals surface area contributed by atoms with Crippen molar-refractivity contribution >= 4 is 12.0 Å². The molecule has 7 nitrogen and oxygen atoms in total. The lowest BCUT2D eigenvalue weighted by Gasteiger charge is -2.52. The Hall–Kier alpha value is -2.77. The first-order chi connectivity index (χ1) is 16.5. The van der Waals surface area contributed by atoms with E-state index in [9.17, 15) is 9.90 Å². The third-order valence-electron chi connectivity index (χ3n) is 8.31. The van der Waals surface area contributed by atoms with Gasteiger partial charge in [0, 0.05) is 30.3 Å². The van der Waals surface area contributed by atoms with Gasteiger partial charge >= 0.3 is 0 Å². The van der Waals surface area contributed by atoms with Crippen LogP contribution in [0.4, 0.5) is 0 Å². The highest BCUT2D eigenvalue weighted by atomic mass is 16.5. The number of hydrogen-bond acceptors (Lipinski definition) is 6. The van der Waals surface area contributed by atoms with E-state index in [1.54, 1.807) is 36.7 Å².